The zero-order valence-corrected chi connectivity index (χ0v) is 10.7. The van der Waals surface area contributed by atoms with Gasteiger partial charge in [0, 0.05) is 5.56 Å². The Hall–Kier alpha value is -2.28. The van der Waals surface area contributed by atoms with E-state index in [4.69, 9.17) is 15.5 Å². The summed E-state index contributed by atoms with van der Waals surface area (Å²) < 4.78 is 4.84. The van der Waals surface area contributed by atoms with Gasteiger partial charge < -0.3 is 10.3 Å². The molecule has 4 heteroatoms. The fourth-order valence-corrected chi connectivity index (χ4v) is 1.74. The molecule has 0 aliphatic carbocycles. The summed E-state index contributed by atoms with van der Waals surface area (Å²) in [6.45, 7) is 6.45. The summed E-state index contributed by atoms with van der Waals surface area (Å²) in [6.07, 6.45) is 0. The number of nitriles is 1. The van der Waals surface area contributed by atoms with Gasteiger partial charge in [-0.05, 0) is 11.0 Å². The van der Waals surface area contributed by atoms with Crippen LogP contribution >= 0.6 is 0 Å². The molecule has 0 fully saturated rings. The standard InChI is InChI=1S/C14H15N3O/c1-14(2,3)10-6-4-9(5-7-10)12-11(8-15)13(16)18-17-12/h4-7H,16H2,1-3H3. The Labute approximate surface area is 106 Å². The van der Waals surface area contributed by atoms with Crippen molar-refractivity contribution in [2.75, 3.05) is 5.73 Å². The highest BCUT2D eigenvalue weighted by Gasteiger charge is 2.17. The van der Waals surface area contributed by atoms with Crippen molar-refractivity contribution in [3.8, 4) is 17.3 Å². The van der Waals surface area contributed by atoms with Crippen LogP contribution in [0.25, 0.3) is 11.3 Å². The highest BCUT2D eigenvalue weighted by Crippen LogP contribution is 2.29. The molecule has 4 nitrogen and oxygen atoms in total. The summed E-state index contributed by atoms with van der Waals surface area (Å²) in [5.41, 5.74) is 8.48. The van der Waals surface area contributed by atoms with E-state index in [-0.39, 0.29) is 11.3 Å². The van der Waals surface area contributed by atoms with Crippen molar-refractivity contribution in [2.45, 2.75) is 26.2 Å². The molecule has 2 N–H and O–H groups in total. The summed E-state index contributed by atoms with van der Waals surface area (Å²) >= 11 is 0. The molecule has 2 aromatic rings. The van der Waals surface area contributed by atoms with Crippen LogP contribution in [0.2, 0.25) is 0 Å². The van der Waals surface area contributed by atoms with Gasteiger partial charge in [0.15, 0.2) is 0 Å². The summed E-state index contributed by atoms with van der Waals surface area (Å²) in [6, 6.07) is 9.92. The van der Waals surface area contributed by atoms with E-state index in [1.54, 1.807) is 0 Å². The van der Waals surface area contributed by atoms with Crippen LogP contribution in [0.15, 0.2) is 28.8 Å². The number of nitrogen functional groups attached to an aromatic ring is 1. The normalized spacial score (nSPS) is 11.2. The van der Waals surface area contributed by atoms with E-state index in [9.17, 15) is 0 Å². The van der Waals surface area contributed by atoms with Gasteiger partial charge in [-0.25, -0.2) is 0 Å². The minimum Gasteiger partial charge on any atom is -0.366 e. The zero-order valence-electron chi connectivity index (χ0n) is 10.7. The third-order valence-electron chi connectivity index (χ3n) is 2.85. The van der Waals surface area contributed by atoms with E-state index >= 15 is 0 Å². The second-order valence-corrected chi connectivity index (χ2v) is 5.21. The van der Waals surface area contributed by atoms with Crippen molar-refractivity contribution in [3.05, 3.63) is 35.4 Å². The van der Waals surface area contributed by atoms with Crippen molar-refractivity contribution < 1.29 is 4.52 Å². The predicted molar refractivity (Wildman–Crippen MR) is 69.8 cm³/mol. The highest BCUT2D eigenvalue weighted by molar-refractivity contribution is 5.71. The van der Waals surface area contributed by atoms with Crippen molar-refractivity contribution in [3.63, 3.8) is 0 Å². The first kappa shape index (κ1) is 12.2. The van der Waals surface area contributed by atoms with Gasteiger partial charge in [0.1, 0.15) is 17.3 Å². The predicted octanol–water partition coefficient (Wildman–Crippen LogP) is 3.09. The number of benzene rings is 1. The Morgan fingerprint density at radius 2 is 1.83 bits per heavy atom. The Kier molecular flexibility index (Phi) is 2.84. The summed E-state index contributed by atoms with van der Waals surface area (Å²) in [5.74, 6) is 0.0624. The number of hydrogen-bond donors (Lipinski definition) is 1. The molecular formula is C14H15N3O. The smallest absolute Gasteiger partial charge is 0.240 e. The first-order chi connectivity index (χ1) is 8.43. The second-order valence-electron chi connectivity index (χ2n) is 5.21. The molecule has 0 aliphatic heterocycles. The molecule has 0 saturated heterocycles. The van der Waals surface area contributed by atoms with E-state index in [2.05, 4.69) is 25.9 Å². The number of nitrogens with zero attached hydrogens (tertiary/aromatic N) is 2. The van der Waals surface area contributed by atoms with Crippen LogP contribution < -0.4 is 5.73 Å². The van der Waals surface area contributed by atoms with Gasteiger partial charge in [0.2, 0.25) is 5.88 Å². The number of hydrogen-bond acceptors (Lipinski definition) is 4. The van der Waals surface area contributed by atoms with Crippen LogP contribution in [-0.4, -0.2) is 5.16 Å². The van der Waals surface area contributed by atoms with Gasteiger partial charge in [-0.3, -0.25) is 0 Å². The molecule has 18 heavy (non-hydrogen) atoms. The van der Waals surface area contributed by atoms with Gasteiger partial charge >= 0.3 is 0 Å². The third-order valence-corrected chi connectivity index (χ3v) is 2.85. The second kappa shape index (κ2) is 4.19. The lowest BCUT2D eigenvalue weighted by atomic mass is 9.86. The van der Waals surface area contributed by atoms with Crippen LogP contribution in [0.1, 0.15) is 31.9 Å². The number of nitrogens with two attached hydrogens (primary N) is 1. The van der Waals surface area contributed by atoms with Gasteiger partial charge in [0.25, 0.3) is 0 Å². The first-order valence-electron chi connectivity index (χ1n) is 5.69. The number of aromatic nitrogens is 1. The van der Waals surface area contributed by atoms with Crippen LogP contribution in [0, 0.1) is 11.3 Å². The molecular weight excluding hydrogens is 226 g/mol. The molecule has 0 unspecified atom stereocenters. The molecule has 1 aromatic heterocycles. The lowest BCUT2D eigenvalue weighted by Gasteiger charge is -2.18. The van der Waals surface area contributed by atoms with E-state index in [0.29, 0.717) is 11.3 Å². The van der Waals surface area contributed by atoms with Crippen LogP contribution in [0.4, 0.5) is 5.88 Å². The fourth-order valence-electron chi connectivity index (χ4n) is 1.74. The summed E-state index contributed by atoms with van der Waals surface area (Å²) in [4.78, 5) is 0. The van der Waals surface area contributed by atoms with Crippen molar-refractivity contribution in [1.29, 1.82) is 5.26 Å². The Bertz CT molecular complexity index is 597. The quantitative estimate of drug-likeness (QED) is 0.832. The molecule has 2 rings (SSSR count). The van der Waals surface area contributed by atoms with E-state index in [0.717, 1.165) is 5.56 Å². The van der Waals surface area contributed by atoms with Crippen molar-refractivity contribution >= 4 is 5.88 Å². The maximum Gasteiger partial charge on any atom is 0.240 e. The first-order valence-corrected chi connectivity index (χ1v) is 5.69. The van der Waals surface area contributed by atoms with E-state index < -0.39 is 0 Å². The molecule has 0 spiro atoms. The average Bonchev–Trinajstić information content (AvgIpc) is 2.69. The molecule has 1 heterocycles. The molecule has 1 aromatic carbocycles. The van der Waals surface area contributed by atoms with Gasteiger partial charge in [-0.2, -0.15) is 5.26 Å². The molecule has 0 bridgehead atoms. The maximum absolute atomic E-state index is 9.00. The lowest BCUT2D eigenvalue weighted by molar-refractivity contribution is 0.439. The van der Waals surface area contributed by atoms with Crippen LogP contribution in [-0.2, 0) is 5.41 Å². The minimum atomic E-state index is 0.0624. The molecule has 0 aliphatic rings. The van der Waals surface area contributed by atoms with E-state index in [1.165, 1.54) is 5.56 Å². The lowest BCUT2D eigenvalue weighted by Crippen LogP contribution is -2.10. The third kappa shape index (κ3) is 2.07. The SMILES string of the molecule is CC(C)(C)c1ccc(-c2noc(N)c2C#N)cc1. The average molecular weight is 241 g/mol. The Morgan fingerprint density at radius 3 is 2.33 bits per heavy atom. The largest absolute Gasteiger partial charge is 0.366 e. The fraction of sp³-hybridized carbons (Fsp3) is 0.286. The number of rotatable bonds is 1. The highest BCUT2D eigenvalue weighted by atomic mass is 16.5. The summed E-state index contributed by atoms with van der Waals surface area (Å²) in [7, 11) is 0. The minimum absolute atomic E-state index is 0.0624. The van der Waals surface area contributed by atoms with Crippen molar-refractivity contribution in [1.82, 2.24) is 5.16 Å². The van der Waals surface area contributed by atoms with E-state index in [1.807, 2.05) is 30.3 Å². The van der Waals surface area contributed by atoms with Crippen LogP contribution in [0.3, 0.4) is 0 Å². The van der Waals surface area contributed by atoms with Gasteiger partial charge in [0.05, 0.1) is 0 Å². The molecule has 92 valence electrons. The monoisotopic (exact) mass is 241 g/mol. The zero-order chi connectivity index (χ0) is 13.3. The van der Waals surface area contributed by atoms with Crippen molar-refractivity contribution in [2.24, 2.45) is 0 Å². The topological polar surface area (TPSA) is 75.8 Å². The molecule has 0 radical (unpaired) electrons. The van der Waals surface area contributed by atoms with Crippen LogP contribution in [0.5, 0.6) is 0 Å². The van der Waals surface area contributed by atoms with Gasteiger partial charge in [-0.15, -0.1) is 0 Å². The number of anilines is 1. The maximum atomic E-state index is 9.00. The molecule has 0 amide bonds. The molecule has 0 saturated carbocycles. The Morgan fingerprint density at radius 1 is 1.22 bits per heavy atom. The Balaban J connectivity index is 2.45. The molecule has 0 atom stereocenters. The summed E-state index contributed by atoms with van der Waals surface area (Å²) in [5, 5.41) is 12.8. The van der Waals surface area contributed by atoms with Gasteiger partial charge in [-0.1, -0.05) is 50.2 Å².